The first kappa shape index (κ1) is 24.9. The molecule has 0 saturated carbocycles. The molecule has 1 amide bonds. The van der Waals surface area contributed by atoms with Gasteiger partial charge >= 0.3 is 0 Å². The third kappa shape index (κ3) is 6.28. The highest BCUT2D eigenvalue weighted by Gasteiger charge is 2.28. The van der Waals surface area contributed by atoms with E-state index >= 15 is 0 Å². The average Bonchev–Trinajstić information content (AvgIpc) is 3.00. The molecule has 1 unspecified atom stereocenters. The van der Waals surface area contributed by atoms with E-state index in [0.717, 1.165) is 55.9 Å². The smallest absolute Gasteiger partial charge is 0.236 e. The first-order valence-corrected chi connectivity index (χ1v) is 12.6. The molecule has 0 radical (unpaired) electrons. The summed E-state index contributed by atoms with van der Waals surface area (Å²) in [7, 11) is 4.12. The van der Waals surface area contributed by atoms with Crippen molar-refractivity contribution in [3.05, 3.63) is 80.9 Å². The second-order valence-corrected chi connectivity index (χ2v) is 10.1. The van der Waals surface area contributed by atoms with Crippen LogP contribution in [0.25, 0.3) is 0 Å². The predicted octanol–water partition coefficient (Wildman–Crippen LogP) is 4.34. The van der Waals surface area contributed by atoms with Gasteiger partial charge in [0.15, 0.2) is 0 Å². The van der Waals surface area contributed by atoms with E-state index < -0.39 is 0 Å². The van der Waals surface area contributed by atoms with Gasteiger partial charge in [0.25, 0.3) is 0 Å². The minimum Gasteiger partial charge on any atom is -0.341 e. The fourth-order valence-electron chi connectivity index (χ4n) is 4.54. The summed E-state index contributed by atoms with van der Waals surface area (Å²) >= 11 is 12.4. The summed E-state index contributed by atoms with van der Waals surface area (Å²) in [6, 6.07) is 5.80. The lowest BCUT2D eigenvalue weighted by molar-refractivity contribution is -0.129. The van der Waals surface area contributed by atoms with Crippen molar-refractivity contribution in [3.63, 3.8) is 0 Å². The summed E-state index contributed by atoms with van der Waals surface area (Å²) in [5.74, 6) is 0.281. The molecule has 0 spiro atoms. The van der Waals surface area contributed by atoms with Crippen LogP contribution in [0.1, 0.15) is 12.0 Å². The van der Waals surface area contributed by atoms with E-state index in [1.807, 2.05) is 23.1 Å². The standard InChI is InChI=1S/C27H32Cl2N4O/c1-32(2)12-10-31-26-6-3-5-22-21(18-33-11-4-9-30-17-27(33)34)14-20(15-23(22)26)13-19-7-8-24(28)25(29)16-19/h3,5-8,14-16,21,30H,4,9-13,17-18H2,1-2H3. The van der Waals surface area contributed by atoms with Crippen LogP contribution in [0.2, 0.25) is 10.0 Å². The molecule has 3 aliphatic rings. The van der Waals surface area contributed by atoms with Crippen molar-refractivity contribution in [2.45, 2.75) is 12.8 Å². The van der Waals surface area contributed by atoms with Gasteiger partial charge in [-0.1, -0.05) is 47.5 Å². The van der Waals surface area contributed by atoms with E-state index in [1.165, 1.54) is 11.1 Å². The first-order chi connectivity index (χ1) is 16.4. The number of nitrogens with one attached hydrogen (secondary N) is 1. The zero-order valence-corrected chi connectivity index (χ0v) is 21.4. The molecule has 180 valence electrons. The molecule has 1 aromatic rings. The lowest BCUT2D eigenvalue weighted by Gasteiger charge is -2.32. The van der Waals surface area contributed by atoms with Crippen molar-refractivity contribution >= 4 is 34.8 Å². The van der Waals surface area contributed by atoms with Crippen LogP contribution in [-0.4, -0.2) is 74.8 Å². The molecule has 1 saturated heterocycles. The Hall–Kier alpha value is -2.18. The predicted molar refractivity (Wildman–Crippen MR) is 142 cm³/mol. The van der Waals surface area contributed by atoms with Gasteiger partial charge in [-0.25, -0.2) is 0 Å². The summed E-state index contributed by atoms with van der Waals surface area (Å²) in [5, 5.41) is 4.35. The maximum absolute atomic E-state index is 12.7. The maximum atomic E-state index is 12.7. The number of aliphatic imine (C=N–C) groups is 1. The molecule has 1 atom stereocenters. The summed E-state index contributed by atoms with van der Waals surface area (Å²) in [6.07, 6.45) is 12.6. The fourth-order valence-corrected chi connectivity index (χ4v) is 4.87. The van der Waals surface area contributed by atoms with Gasteiger partial charge in [0.1, 0.15) is 0 Å². The number of fused-ring (bicyclic) bond motifs is 1. The van der Waals surface area contributed by atoms with Crippen molar-refractivity contribution in [1.29, 1.82) is 0 Å². The van der Waals surface area contributed by atoms with Crippen LogP contribution in [-0.2, 0) is 11.2 Å². The number of carbonyl (C=O) groups excluding carboxylic acids is 1. The molecule has 4 rings (SSSR count). The summed E-state index contributed by atoms with van der Waals surface area (Å²) in [6.45, 7) is 4.38. The fraction of sp³-hybridized carbons (Fsp3) is 0.407. The molecule has 0 bridgehead atoms. The van der Waals surface area contributed by atoms with Gasteiger partial charge in [0, 0.05) is 31.1 Å². The molecule has 5 nitrogen and oxygen atoms in total. The van der Waals surface area contributed by atoms with E-state index in [9.17, 15) is 4.79 Å². The molecule has 1 heterocycles. The number of allylic oxidation sites excluding steroid dienone is 6. The van der Waals surface area contributed by atoms with Gasteiger partial charge in [0.2, 0.25) is 5.91 Å². The Morgan fingerprint density at radius 2 is 2.09 bits per heavy atom. The van der Waals surface area contributed by atoms with Crippen LogP contribution in [0.15, 0.2) is 70.3 Å². The highest BCUT2D eigenvalue weighted by molar-refractivity contribution is 6.42. The summed E-state index contributed by atoms with van der Waals surface area (Å²) < 4.78 is 0. The quantitative estimate of drug-likeness (QED) is 0.608. The van der Waals surface area contributed by atoms with Crippen LogP contribution in [0, 0.1) is 5.92 Å². The molecule has 7 heteroatoms. The molecule has 34 heavy (non-hydrogen) atoms. The van der Waals surface area contributed by atoms with Crippen LogP contribution in [0.3, 0.4) is 0 Å². The second kappa shape index (κ2) is 11.5. The van der Waals surface area contributed by atoms with E-state index in [2.05, 4.69) is 54.7 Å². The number of rotatable bonds is 7. The number of nitrogens with zero attached hydrogens (tertiary/aromatic N) is 3. The molecule has 1 aliphatic heterocycles. The zero-order valence-electron chi connectivity index (χ0n) is 19.9. The van der Waals surface area contributed by atoms with E-state index in [0.29, 0.717) is 23.1 Å². The number of hydrogen-bond donors (Lipinski definition) is 1. The monoisotopic (exact) mass is 498 g/mol. The van der Waals surface area contributed by atoms with Crippen molar-refractivity contribution in [2.75, 3.05) is 53.4 Å². The third-order valence-electron chi connectivity index (χ3n) is 6.31. The minimum absolute atomic E-state index is 0.115. The highest BCUT2D eigenvalue weighted by atomic mass is 35.5. The first-order valence-electron chi connectivity index (χ1n) is 11.8. The van der Waals surface area contributed by atoms with Crippen molar-refractivity contribution < 1.29 is 4.79 Å². The van der Waals surface area contributed by atoms with Gasteiger partial charge in [0.05, 0.1) is 28.8 Å². The Balaban J connectivity index is 1.64. The highest BCUT2D eigenvalue weighted by Crippen LogP contribution is 2.35. The van der Waals surface area contributed by atoms with E-state index in [4.69, 9.17) is 28.2 Å². The number of benzene rings is 1. The SMILES string of the molecule is CN(C)CCN=C1C=CC=C2C1=CC(Cc1ccc(Cl)c(Cl)c1)=CC2CN1CCCNCC1=O. The largest absolute Gasteiger partial charge is 0.341 e. The average molecular weight is 499 g/mol. The Morgan fingerprint density at radius 3 is 2.88 bits per heavy atom. The van der Waals surface area contributed by atoms with Crippen LogP contribution < -0.4 is 5.32 Å². The topological polar surface area (TPSA) is 47.9 Å². The van der Waals surface area contributed by atoms with Gasteiger partial charge in [-0.05, 0) is 74.5 Å². The van der Waals surface area contributed by atoms with E-state index in [-0.39, 0.29) is 11.8 Å². The number of carbonyl (C=O) groups is 1. The van der Waals surface area contributed by atoms with Gasteiger partial charge in [-0.2, -0.15) is 0 Å². The number of hydrogen-bond acceptors (Lipinski definition) is 4. The van der Waals surface area contributed by atoms with Crippen LogP contribution in [0.4, 0.5) is 0 Å². The molecule has 2 aliphatic carbocycles. The normalized spacial score (nSPS) is 21.9. The Morgan fingerprint density at radius 1 is 1.24 bits per heavy atom. The zero-order chi connectivity index (χ0) is 24.1. The van der Waals surface area contributed by atoms with E-state index in [1.54, 1.807) is 0 Å². The lowest BCUT2D eigenvalue weighted by Crippen LogP contribution is -2.39. The lowest BCUT2D eigenvalue weighted by atomic mass is 9.79. The Kier molecular flexibility index (Phi) is 8.43. The van der Waals surface area contributed by atoms with Crippen molar-refractivity contribution in [1.82, 2.24) is 15.1 Å². The van der Waals surface area contributed by atoms with Crippen molar-refractivity contribution in [2.24, 2.45) is 10.9 Å². The molecule has 1 aromatic carbocycles. The van der Waals surface area contributed by atoms with Crippen LogP contribution in [0.5, 0.6) is 0 Å². The molecule has 1 N–H and O–H groups in total. The van der Waals surface area contributed by atoms with Crippen molar-refractivity contribution in [3.8, 4) is 0 Å². The number of halogens is 2. The number of likely N-dealkylation sites (N-methyl/N-ethyl adjacent to an activating group) is 1. The molecular weight excluding hydrogens is 467 g/mol. The molecular formula is C27H32Cl2N4O. The van der Waals surface area contributed by atoms with Crippen LogP contribution >= 0.6 is 23.2 Å². The Labute approximate surface area is 212 Å². The maximum Gasteiger partial charge on any atom is 0.236 e. The second-order valence-electron chi connectivity index (χ2n) is 9.25. The molecule has 0 aromatic heterocycles. The summed E-state index contributed by atoms with van der Waals surface area (Å²) in [4.78, 5) is 21.7. The van der Waals surface area contributed by atoms with Gasteiger partial charge in [-0.15, -0.1) is 0 Å². The minimum atomic E-state index is 0.115. The Bertz CT molecular complexity index is 1080. The van der Waals surface area contributed by atoms with Gasteiger partial charge < -0.3 is 15.1 Å². The molecule has 1 fully saturated rings. The third-order valence-corrected chi connectivity index (χ3v) is 7.05. The van der Waals surface area contributed by atoms with Gasteiger partial charge in [-0.3, -0.25) is 9.79 Å². The number of amides is 1. The summed E-state index contributed by atoms with van der Waals surface area (Å²) in [5.41, 5.74) is 5.70.